The first-order valence-electron chi connectivity index (χ1n) is 6.33. The average Bonchev–Trinajstić information content (AvgIpc) is 2.71. The Morgan fingerprint density at radius 1 is 1.12 bits per heavy atom. The zero-order chi connectivity index (χ0) is 12.4. The molecule has 2 heteroatoms. The monoisotopic (exact) mass is 231 g/mol. The molecule has 1 N–H and O–H groups in total. The van der Waals surface area contributed by atoms with Gasteiger partial charge in [-0.05, 0) is 56.5 Å². The molecule has 0 spiro atoms. The molecule has 0 saturated carbocycles. The maximum atomic E-state index is 5.94. The van der Waals surface area contributed by atoms with Crippen LogP contribution in [0.3, 0.4) is 0 Å². The predicted molar refractivity (Wildman–Crippen MR) is 72.4 cm³/mol. The summed E-state index contributed by atoms with van der Waals surface area (Å²) in [7, 11) is 0. The van der Waals surface area contributed by atoms with Crippen molar-refractivity contribution in [2.75, 3.05) is 6.54 Å². The summed E-state index contributed by atoms with van der Waals surface area (Å²) in [6.07, 6.45) is 1.15. The van der Waals surface area contributed by atoms with E-state index in [2.05, 4.69) is 45.1 Å². The van der Waals surface area contributed by atoms with Crippen molar-refractivity contribution in [3.63, 3.8) is 0 Å². The molecule has 0 radical (unpaired) electrons. The van der Waals surface area contributed by atoms with Gasteiger partial charge in [0.25, 0.3) is 0 Å². The largest absolute Gasteiger partial charge is 0.459 e. The molecule has 0 saturated heterocycles. The van der Waals surface area contributed by atoms with E-state index in [1.54, 1.807) is 0 Å². The van der Waals surface area contributed by atoms with Gasteiger partial charge < -0.3 is 9.73 Å². The lowest BCUT2D eigenvalue weighted by molar-refractivity contribution is 0.512. The fraction of sp³-hybridized carbons (Fsp3) is 0.467. The van der Waals surface area contributed by atoms with Gasteiger partial charge in [-0.1, -0.05) is 13.0 Å². The summed E-state index contributed by atoms with van der Waals surface area (Å²) in [6.45, 7) is 10.4. The number of nitrogens with one attached hydrogen (secondary N) is 1. The highest BCUT2D eigenvalue weighted by molar-refractivity contribution is 5.85. The van der Waals surface area contributed by atoms with E-state index in [9.17, 15) is 0 Å². The molecule has 0 bridgehead atoms. The highest BCUT2D eigenvalue weighted by Crippen LogP contribution is 2.28. The standard InChI is InChI=1S/C15H21NO/c1-5-6-16-9-13-8-14-11(3)7-10(2)12(4)15(14)17-13/h7-8,16H,5-6,9H2,1-4H3. The summed E-state index contributed by atoms with van der Waals surface area (Å²) in [5.74, 6) is 1.03. The number of rotatable bonds is 4. The van der Waals surface area contributed by atoms with Crippen molar-refractivity contribution >= 4 is 11.0 Å². The van der Waals surface area contributed by atoms with Gasteiger partial charge in [0.1, 0.15) is 11.3 Å². The molecule has 0 aliphatic rings. The summed E-state index contributed by atoms with van der Waals surface area (Å²) >= 11 is 0. The van der Waals surface area contributed by atoms with Gasteiger partial charge in [0.15, 0.2) is 0 Å². The van der Waals surface area contributed by atoms with E-state index >= 15 is 0 Å². The van der Waals surface area contributed by atoms with Crippen molar-refractivity contribution < 1.29 is 4.42 Å². The van der Waals surface area contributed by atoms with Crippen molar-refractivity contribution in [2.45, 2.75) is 40.7 Å². The molecule has 0 fully saturated rings. The van der Waals surface area contributed by atoms with E-state index in [4.69, 9.17) is 4.42 Å². The zero-order valence-corrected chi connectivity index (χ0v) is 11.2. The summed E-state index contributed by atoms with van der Waals surface area (Å²) in [4.78, 5) is 0. The highest BCUT2D eigenvalue weighted by atomic mass is 16.3. The second-order valence-electron chi connectivity index (χ2n) is 4.77. The Labute approximate surface area is 103 Å². The van der Waals surface area contributed by atoms with Crippen molar-refractivity contribution in [3.8, 4) is 0 Å². The number of hydrogen-bond donors (Lipinski definition) is 1. The zero-order valence-electron chi connectivity index (χ0n) is 11.2. The molecule has 0 unspecified atom stereocenters. The molecule has 17 heavy (non-hydrogen) atoms. The van der Waals surface area contributed by atoms with Crippen LogP contribution in [-0.4, -0.2) is 6.54 Å². The number of furan rings is 1. The van der Waals surface area contributed by atoms with Crippen molar-refractivity contribution in [1.29, 1.82) is 0 Å². The van der Waals surface area contributed by atoms with Gasteiger partial charge in [0, 0.05) is 5.39 Å². The van der Waals surface area contributed by atoms with Gasteiger partial charge >= 0.3 is 0 Å². The first kappa shape index (κ1) is 12.2. The summed E-state index contributed by atoms with van der Waals surface area (Å²) in [6, 6.07) is 4.40. The Bertz CT molecular complexity index is 525. The van der Waals surface area contributed by atoms with Crippen LogP contribution < -0.4 is 5.32 Å². The van der Waals surface area contributed by atoms with Crippen LogP contribution in [-0.2, 0) is 6.54 Å². The van der Waals surface area contributed by atoms with E-state index in [0.717, 1.165) is 30.9 Å². The highest BCUT2D eigenvalue weighted by Gasteiger charge is 2.10. The first-order valence-corrected chi connectivity index (χ1v) is 6.33. The molecule has 2 rings (SSSR count). The summed E-state index contributed by atoms with van der Waals surface area (Å²) < 4.78 is 5.94. The van der Waals surface area contributed by atoms with Gasteiger partial charge in [0.2, 0.25) is 0 Å². The molecule has 0 atom stereocenters. The lowest BCUT2D eigenvalue weighted by Crippen LogP contribution is -2.12. The van der Waals surface area contributed by atoms with Crippen molar-refractivity contribution in [3.05, 3.63) is 34.6 Å². The van der Waals surface area contributed by atoms with Crippen LogP contribution >= 0.6 is 0 Å². The Morgan fingerprint density at radius 3 is 2.59 bits per heavy atom. The SMILES string of the molecule is CCCNCc1cc2c(C)cc(C)c(C)c2o1. The fourth-order valence-electron chi connectivity index (χ4n) is 2.18. The van der Waals surface area contributed by atoms with Gasteiger partial charge in [-0.15, -0.1) is 0 Å². The normalized spacial score (nSPS) is 11.3. The van der Waals surface area contributed by atoms with Crippen LogP contribution in [0.1, 0.15) is 35.8 Å². The van der Waals surface area contributed by atoms with E-state index in [1.807, 2.05) is 0 Å². The second kappa shape index (κ2) is 4.92. The fourth-order valence-corrected chi connectivity index (χ4v) is 2.18. The molecule has 1 aromatic carbocycles. The van der Waals surface area contributed by atoms with Crippen LogP contribution in [0.2, 0.25) is 0 Å². The molecule has 1 aromatic heterocycles. The third kappa shape index (κ3) is 2.37. The van der Waals surface area contributed by atoms with Crippen LogP contribution in [0.4, 0.5) is 0 Å². The molecule has 0 aliphatic carbocycles. The van der Waals surface area contributed by atoms with E-state index in [-0.39, 0.29) is 0 Å². The maximum Gasteiger partial charge on any atom is 0.137 e. The van der Waals surface area contributed by atoms with Crippen LogP contribution in [0.15, 0.2) is 16.5 Å². The van der Waals surface area contributed by atoms with Gasteiger partial charge in [-0.3, -0.25) is 0 Å². The minimum atomic E-state index is 0.820. The molecule has 92 valence electrons. The Kier molecular flexibility index (Phi) is 3.53. The Morgan fingerprint density at radius 2 is 1.88 bits per heavy atom. The molecule has 2 nitrogen and oxygen atoms in total. The summed E-state index contributed by atoms with van der Waals surface area (Å²) in [5, 5.41) is 4.62. The first-order chi connectivity index (χ1) is 8.13. The Hall–Kier alpha value is -1.28. The smallest absolute Gasteiger partial charge is 0.137 e. The van der Waals surface area contributed by atoms with Crippen LogP contribution in [0.25, 0.3) is 11.0 Å². The van der Waals surface area contributed by atoms with E-state index in [0.29, 0.717) is 0 Å². The number of aryl methyl sites for hydroxylation is 3. The molecular formula is C15H21NO. The molecule has 1 heterocycles. The number of fused-ring (bicyclic) bond motifs is 1. The van der Waals surface area contributed by atoms with Crippen molar-refractivity contribution in [1.82, 2.24) is 5.32 Å². The van der Waals surface area contributed by atoms with Crippen molar-refractivity contribution in [2.24, 2.45) is 0 Å². The Balaban J connectivity index is 2.36. The van der Waals surface area contributed by atoms with Crippen LogP contribution in [0, 0.1) is 20.8 Å². The average molecular weight is 231 g/mol. The number of hydrogen-bond acceptors (Lipinski definition) is 2. The molecule has 2 aromatic rings. The predicted octanol–water partition coefficient (Wildman–Crippen LogP) is 3.86. The minimum absolute atomic E-state index is 0.820. The number of benzene rings is 1. The summed E-state index contributed by atoms with van der Waals surface area (Å²) in [5.41, 5.74) is 4.91. The van der Waals surface area contributed by atoms with Gasteiger partial charge in [-0.25, -0.2) is 0 Å². The maximum absolute atomic E-state index is 5.94. The quantitative estimate of drug-likeness (QED) is 0.808. The third-order valence-electron chi connectivity index (χ3n) is 3.30. The second-order valence-corrected chi connectivity index (χ2v) is 4.77. The minimum Gasteiger partial charge on any atom is -0.459 e. The van der Waals surface area contributed by atoms with Gasteiger partial charge in [0.05, 0.1) is 6.54 Å². The van der Waals surface area contributed by atoms with Gasteiger partial charge in [-0.2, -0.15) is 0 Å². The van der Waals surface area contributed by atoms with Crippen LogP contribution in [0.5, 0.6) is 0 Å². The van der Waals surface area contributed by atoms with E-state index < -0.39 is 0 Å². The molecule has 0 aliphatic heterocycles. The molecular weight excluding hydrogens is 210 g/mol. The lowest BCUT2D eigenvalue weighted by atomic mass is 10.0. The topological polar surface area (TPSA) is 25.2 Å². The molecule has 0 amide bonds. The van der Waals surface area contributed by atoms with E-state index in [1.165, 1.54) is 22.1 Å². The lowest BCUT2D eigenvalue weighted by Gasteiger charge is -2.03. The third-order valence-corrected chi connectivity index (χ3v) is 3.30.